The van der Waals surface area contributed by atoms with E-state index in [4.69, 9.17) is 4.74 Å². The fraction of sp³-hybridized carbons (Fsp3) is 0.214. The fourth-order valence-electron chi connectivity index (χ4n) is 1.77. The Bertz CT molecular complexity index is 570. The first-order valence-corrected chi connectivity index (χ1v) is 5.40. The van der Waals surface area contributed by atoms with Crippen molar-refractivity contribution in [3.8, 4) is 5.75 Å². The molecule has 104 valence electrons. The van der Waals surface area contributed by atoms with Crippen molar-refractivity contribution >= 4 is 16.7 Å². The summed E-state index contributed by atoms with van der Waals surface area (Å²) in [5.74, 6) is -0.863. The first kappa shape index (κ1) is 21.2. The molecule has 0 aliphatic carbocycles. The van der Waals surface area contributed by atoms with Gasteiger partial charge in [-0.1, -0.05) is 31.2 Å². The number of carboxylic acids is 1. The molecule has 0 saturated carbocycles. The van der Waals surface area contributed by atoms with E-state index in [0.717, 1.165) is 22.1 Å². The number of carboxylic acid groups (broad SMARTS) is 1. The molecule has 20 heavy (non-hydrogen) atoms. The number of methoxy groups -OCH3 is 1. The number of hydrogen-bond donors (Lipinski definition) is 0. The van der Waals surface area contributed by atoms with Crippen LogP contribution >= 0.6 is 0 Å². The molecule has 0 amide bonds. The van der Waals surface area contributed by atoms with Crippen molar-refractivity contribution in [3.05, 3.63) is 42.0 Å². The molecule has 0 radical (unpaired) electrons. The standard InChI is InChI=1S/C14H14O3.Na.2H2O/c1-9(14(15)16)10-3-4-12-8-13(17-2)6-5-11(12)7-10;;;/h3-9H,1-2H3,(H,15,16);;2*1H2/q;+1;;/p-1/t9-;;;/m0.../s1. The minimum Gasteiger partial charge on any atom is -0.550 e. The van der Waals surface area contributed by atoms with Gasteiger partial charge in [-0.25, -0.2) is 0 Å². The quantitative estimate of drug-likeness (QED) is 0.563. The van der Waals surface area contributed by atoms with E-state index < -0.39 is 11.9 Å². The number of ether oxygens (including phenoxy) is 1. The average Bonchev–Trinajstić information content (AvgIpc) is 2.36. The second kappa shape index (κ2) is 8.94. The third-order valence-corrected chi connectivity index (χ3v) is 2.93. The van der Waals surface area contributed by atoms with Gasteiger partial charge < -0.3 is 25.6 Å². The molecule has 0 aromatic heterocycles. The van der Waals surface area contributed by atoms with Crippen LogP contribution in [0.15, 0.2) is 36.4 Å². The molecular weight excluding hydrogens is 271 g/mol. The molecule has 0 heterocycles. The van der Waals surface area contributed by atoms with Gasteiger partial charge in [0.2, 0.25) is 0 Å². The summed E-state index contributed by atoms with van der Waals surface area (Å²) < 4.78 is 5.13. The fourth-order valence-corrected chi connectivity index (χ4v) is 1.77. The van der Waals surface area contributed by atoms with Crippen molar-refractivity contribution in [2.75, 3.05) is 7.11 Å². The number of aliphatic carboxylic acids is 1. The molecule has 0 unspecified atom stereocenters. The van der Waals surface area contributed by atoms with E-state index in [9.17, 15) is 9.90 Å². The Kier molecular flexibility index (Phi) is 9.48. The number of fused-ring (bicyclic) bond motifs is 1. The SMILES string of the molecule is COc1ccc2cc([C@H](C)C(=O)[O-])ccc2c1.O.O.[Na+]. The van der Waals surface area contributed by atoms with Gasteiger partial charge in [0.1, 0.15) is 5.75 Å². The third kappa shape index (κ3) is 4.47. The molecule has 4 N–H and O–H groups in total. The van der Waals surface area contributed by atoms with Crippen molar-refractivity contribution < 1.29 is 55.1 Å². The maximum Gasteiger partial charge on any atom is 1.00 e. The molecule has 1 atom stereocenters. The van der Waals surface area contributed by atoms with Gasteiger partial charge >= 0.3 is 29.6 Å². The van der Waals surface area contributed by atoms with Crippen LogP contribution in [0.3, 0.4) is 0 Å². The Morgan fingerprint density at radius 3 is 2.20 bits per heavy atom. The van der Waals surface area contributed by atoms with E-state index >= 15 is 0 Å². The Balaban J connectivity index is 0. The molecule has 0 spiro atoms. The van der Waals surface area contributed by atoms with E-state index in [-0.39, 0.29) is 40.5 Å². The molecule has 0 bridgehead atoms. The molecule has 0 aliphatic heterocycles. The summed E-state index contributed by atoms with van der Waals surface area (Å²) in [6.45, 7) is 1.63. The summed E-state index contributed by atoms with van der Waals surface area (Å²) in [6, 6.07) is 11.3. The van der Waals surface area contributed by atoms with Crippen LogP contribution in [-0.4, -0.2) is 24.0 Å². The maximum absolute atomic E-state index is 10.8. The molecule has 2 aromatic rings. The van der Waals surface area contributed by atoms with Gasteiger partial charge in [0.25, 0.3) is 0 Å². The Hall–Kier alpha value is -1.11. The monoisotopic (exact) mass is 288 g/mol. The minimum atomic E-state index is -1.06. The van der Waals surface area contributed by atoms with Crippen LogP contribution in [0, 0.1) is 0 Å². The van der Waals surface area contributed by atoms with Gasteiger partial charge in [-0.05, 0) is 28.5 Å². The van der Waals surface area contributed by atoms with E-state index in [0.29, 0.717) is 0 Å². The van der Waals surface area contributed by atoms with Crippen LogP contribution in [0.1, 0.15) is 18.4 Å². The summed E-state index contributed by atoms with van der Waals surface area (Å²) in [5, 5.41) is 12.8. The van der Waals surface area contributed by atoms with Crippen LogP contribution in [-0.2, 0) is 4.79 Å². The summed E-state index contributed by atoms with van der Waals surface area (Å²) >= 11 is 0. The topological polar surface area (TPSA) is 112 Å². The van der Waals surface area contributed by atoms with Gasteiger partial charge in [0, 0.05) is 11.9 Å². The zero-order chi connectivity index (χ0) is 12.4. The summed E-state index contributed by atoms with van der Waals surface area (Å²) in [4.78, 5) is 10.8. The van der Waals surface area contributed by atoms with Crippen LogP contribution in [0.25, 0.3) is 10.8 Å². The van der Waals surface area contributed by atoms with E-state index in [1.54, 1.807) is 14.0 Å². The number of carbonyl (C=O) groups is 1. The van der Waals surface area contributed by atoms with Crippen molar-refractivity contribution in [1.29, 1.82) is 0 Å². The molecule has 2 aromatic carbocycles. The molecular formula is C14H17NaO5. The van der Waals surface area contributed by atoms with Crippen molar-refractivity contribution in [1.82, 2.24) is 0 Å². The van der Waals surface area contributed by atoms with E-state index in [1.165, 1.54) is 0 Å². The number of carbonyl (C=O) groups excluding carboxylic acids is 1. The van der Waals surface area contributed by atoms with Gasteiger partial charge in [-0.3, -0.25) is 0 Å². The van der Waals surface area contributed by atoms with Gasteiger partial charge in [0.05, 0.1) is 7.11 Å². The minimum absolute atomic E-state index is 0. The van der Waals surface area contributed by atoms with E-state index in [1.807, 2.05) is 36.4 Å². The number of hydrogen-bond acceptors (Lipinski definition) is 3. The summed E-state index contributed by atoms with van der Waals surface area (Å²) in [5.41, 5.74) is 0.752. The second-order valence-corrected chi connectivity index (χ2v) is 4.01. The van der Waals surface area contributed by atoms with Crippen molar-refractivity contribution in [2.45, 2.75) is 12.8 Å². The van der Waals surface area contributed by atoms with Gasteiger partial charge in [-0.15, -0.1) is 0 Å². The predicted molar refractivity (Wildman–Crippen MR) is 71.1 cm³/mol. The third-order valence-electron chi connectivity index (χ3n) is 2.93. The van der Waals surface area contributed by atoms with Crippen LogP contribution < -0.4 is 39.4 Å². The smallest absolute Gasteiger partial charge is 0.550 e. The number of benzene rings is 2. The molecule has 6 heteroatoms. The first-order chi connectivity index (χ1) is 8.11. The Labute approximate surface area is 139 Å². The first-order valence-electron chi connectivity index (χ1n) is 5.40. The second-order valence-electron chi connectivity index (χ2n) is 4.01. The van der Waals surface area contributed by atoms with Crippen molar-refractivity contribution in [2.24, 2.45) is 0 Å². The van der Waals surface area contributed by atoms with Gasteiger partial charge in [0.15, 0.2) is 0 Å². The average molecular weight is 288 g/mol. The van der Waals surface area contributed by atoms with Crippen LogP contribution in [0.2, 0.25) is 0 Å². The van der Waals surface area contributed by atoms with Crippen molar-refractivity contribution in [3.63, 3.8) is 0 Å². The normalized spacial score (nSPS) is 10.5. The molecule has 0 aliphatic rings. The maximum atomic E-state index is 10.8. The van der Waals surface area contributed by atoms with Crippen LogP contribution in [0.4, 0.5) is 0 Å². The van der Waals surface area contributed by atoms with Gasteiger partial charge in [-0.2, -0.15) is 0 Å². The molecule has 0 saturated heterocycles. The molecule has 5 nitrogen and oxygen atoms in total. The largest absolute Gasteiger partial charge is 1.00 e. The summed E-state index contributed by atoms with van der Waals surface area (Å²) in [7, 11) is 1.62. The molecule has 0 fully saturated rings. The summed E-state index contributed by atoms with van der Waals surface area (Å²) in [6.07, 6.45) is 0. The van der Waals surface area contributed by atoms with Crippen LogP contribution in [0.5, 0.6) is 5.75 Å². The van der Waals surface area contributed by atoms with E-state index in [2.05, 4.69) is 0 Å². The number of rotatable bonds is 3. The molecule has 2 rings (SSSR count). The predicted octanol–water partition coefficient (Wildman–Crippen LogP) is -2.94. The zero-order valence-corrected chi connectivity index (χ0v) is 13.8. The Morgan fingerprint density at radius 1 is 1.10 bits per heavy atom. The zero-order valence-electron chi connectivity index (χ0n) is 11.8. The Morgan fingerprint density at radius 2 is 1.65 bits per heavy atom.